The summed E-state index contributed by atoms with van der Waals surface area (Å²) in [5.41, 5.74) is 0.887. The van der Waals surface area contributed by atoms with Gasteiger partial charge in [0.05, 0.1) is 10.9 Å². The Kier molecular flexibility index (Phi) is 6.46. The maximum absolute atomic E-state index is 12.4. The van der Waals surface area contributed by atoms with Gasteiger partial charge in [0.25, 0.3) is 9.05 Å². The number of nitrogens with one attached hydrogen (secondary N) is 1. The molecule has 1 aromatic carbocycles. The van der Waals surface area contributed by atoms with Crippen LogP contribution in [0.25, 0.3) is 0 Å². The molecule has 3 atom stereocenters. The minimum absolute atomic E-state index is 0.0486. The van der Waals surface area contributed by atoms with Crippen LogP contribution in [0.5, 0.6) is 0 Å². The number of rotatable bonds is 6. The van der Waals surface area contributed by atoms with Gasteiger partial charge in [-0.1, -0.05) is 32.4 Å². The van der Waals surface area contributed by atoms with Crippen molar-refractivity contribution in [1.29, 1.82) is 0 Å². The first-order valence-corrected chi connectivity index (χ1v) is 10.6. The predicted octanol–water partition coefficient (Wildman–Crippen LogP) is 2.41. The molecule has 6 nitrogen and oxygen atoms in total. The first-order chi connectivity index (χ1) is 11.8. The lowest BCUT2D eigenvalue weighted by Crippen LogP contribution is -2.45. The summed E-state index contributed by atoms with van der Waals surface area (Å²) >= 11 is 0. The minimum Gasteiger partial charge on any atom is -0.338 e. The quantitative estimate of drug-likeness (QED) is 0.601. The smallest absolute Gasteiger partial charge is 0.318 e. The lowest BCUT2D eigenvalue weighted by molar-refractivity contribution is -0.111. The molecule has 138 valence electrons. The van der Waals surface area contributed by atoms with Crippen molar-refractivity contribution in [3.05, 3.63) is 29.8 Å². The van der Waals surface area contributed by atoms with Crippen LogP contribution in [0.4, 0.5) is 4.79 Å². The maximum atomic E-state index is 12.4. The van der Waals surface area contributed by atoms with E-state index >= 15 is 0 Å². The van der Waals surface area contributed by atoms with Gasteiger partial charge in [0, 0.05) is 23.8 Å². The van der Waals surface area contributed by atoms with E-state index < -0.39 is 9.05 Å². The second-order valence-electron chi connectivity index (χ2n) is 6.39. The number of urea groups is 1. The van der Waals surface area contributed by atoms with E-state index in [0.717, 1.165) is 18.3 Å². The third-order valence-electron chi connectivity index (χ3n) is 4.78. The molecule has 1 aliphatic rings. The number of aldehydes is 1. The molecule has 1 aromatic rings. The highest BCUT2D eigenvalue weighted by atomic mass is 35.7. The summed E-state index contributed by atoms with van der Waals surface area (Å²) in [6.45, 7) is 5.07. The van der Waals surface area contributed by atoms with Crippen molar-refractivity contribution in [2.24, 2.45) is 11.8 Å². The van der Waals surface area contributed by atoms with Crippen molar-refractivity contribution in [2.45, 2.75) is 37.6 Å². The maximum Gasteiger partial charge on any atom is 0.318 e. The Morgan fingerprint density at radius 3 is 2.52 bits per heavy atom. The average molecular weight is 387 g/mol. The number of hydrogen-bond donors (Lipinski definition) is 1. The van der Waals surface area contributed by atoms with Gasteiger partial charge in [-0.15, -0.1) is 0 Å². The molecule has 0 aromatic heterocycles. The Labute approximate surface area is 153 Å². The van der Waals surface area contributed by atoms with Crippen LogP contribution >= 0.6 is 10.7 Å². The third-order valence-corrected chi connectivity index (χ3v) is 6.15. The summed E-state index contributed by atoms with van der Waals surface area (Å²) in [5, 5.41) is 2.83. The Hall–Kier alpha value is -1.60. The van der Waals surface area contributed by atoms with E-state index in [1.807, 2.05) is 6.92 Å². The molecular weight excluding hydrogens is 364 g/mol. The summed E-state index contributed by atoms with van der Waals surface area (Å²) in [6.07, 6.45) is 2.29. The second kappa shape index (κ2) is 8.19. The van der Waals surface area contributed by atoms with Gasteiger partial charge in [0.1, 0.15) is 6.29 Å². The van der Waals surface area contributed by atoms with Crippen LogP contribution in [0, 0.1) is 11.8 Å². The van der Waals surface area contributed by atoms with Gasteiger partial charge in [-0.2, -0.15) is 0 Å². The second-order valence-corrected chi connectivity index (χ2v) is 8.96. The van der Waals surface area contributed by atoms with Gasteiger partial charge >= 0.3 is 6.03 Å². The minimum atomic E-state index is -3.72. The summed E-state index contributed by atoms with van der Waals surface area (Å²) in [5.74, 6) is 0.504. The highest BCUT2D eigenvalue weighted by Crippen LogP contribution is 2.31. The number of halogens is 1. The Morgan fingerprint density at radius 1 is 1.36 bits per heavy atom. The van der Waals surface area contributed by atoms with E-state index in [2.05, 4.69) is 12.2 Å². The van der Waals surface area contributed by atoms with Gasteiger partial charge < -0.3 is 15.0 Å². The molecule has 2 rings (SSSR count). The van der Waals surface area contributed by atoms with Crippen LogP contribution in [0.3, 0.4) is 0 Å². The molecular formula is C17H23ClN2O4S. The fourth-order valence-corrected chi connectivity index (χ4v) is 4.18. The Bertz CT molecular complexity index is 721. The van der Waals surface area contributed by atoms with Gasteiger partial charge in [-0.25, -0.2) is 13.2 Å². The molecule has 25 heavy (non-hydrogen) atoms. The highest BCUT2D eigenvalue weighted by molar-refractivity contribution is 8.13. The fourth-order valence-electron chi connectivity index (χ4n) is 3.41. The van der Waals surface area contributed by atoms with Crippen LogP contribution in [0.2, 0.25) is 0 Å². The van der Waals surface area contributed by atoms with E-state index in [4.69, 9.17) is 10.7 Å². The van der Waals surface area contributed by atoms with Crippen LogP contribution in [-0.2, 0) is 20.3 Å². The van der Waals surface area contributed by atoms with Crippen molar-refractivity contribution < 1.29 is 18.0 Å². The molecule has 3 unspecified atom stereocenters. The summed E-state index contributed by atoms with van der Waals surface area (Å²) in [6, 6.07) is 5.61. The molecule has 8 heteroatoms. The normalized spacial score (nSPS) is 23.5. The summed E-state index contributed by atoms with van der Waals surface area (Å²) < 4.78 is 22.4. The fraction of sp³-hybridized carbons (Fsp3) is 0.529. The van der Waals surface area contributed by atoms with Crippen LogP contribution in [0.15, 0.2) is 29.2 Å². The summed E-state index contributed by atoms with van der Waals surface area (Å²) in [7, 11) is 1.55. The van der Waals surface area contributed by atoms with Gasteiger partial charge in [-0.3, -0.25) is 0 Å². The molecule has 0 radical (unpaired) electrons. The Balaban J connectivity index is 1.89. The molecule has 1 fully saturated rings. The molecule has 2 amide bonds. The first kappa shape index (κ1) is 19.7. The number of benzene rings is 1. The highest BCUT2D eigenvalue weighted by Gasteiger charge is 2.40. The van der Waals surface area contributed by atoms with Gasteiger partial charge in [0.2, 0.25) is 0 Å². The summed E-state index contributed by atoms with van der Waals surface area (Å²) in [4.78, 5) is 25.4. The zero-order valence-electron chi connectivity index (χ0n) is 14.3. The molecule has 0 spiro atoms. The van der Waals surface area contributed by atoms with E-state index in [9.17, 15) is 18.0 Å². The molecule has 1 N–H and O–H groups in total. The average Bonchev–Trinajstić information content (AvgIpc) is 2.90. The molecule has 1 heterocycles. The van der Waals surface area contributed by atoms with E-state index in [-0.39, 0.29) is 22.9 Å². The zero-order valence-corrected chi connectivity index (χ0v) is 15.9. The van der Waals surface area contributed by atoms with Crippen LogP contribution in [-0.4, -0.2) is 44.8 Å². The number of hydrogen-bond acceptors (Lipinski definition) is 4. The molecule has 0 bridgehead atoms. The van der Waals surface area contributed by atoms with Gasteiger partial charge in [0.15, 0.2) is 0 Å². The van der Waals surface area contributed by atoms with Crippen LogP contribution in [0.1, 0.15) is 25.8 Å². The monoisotopic (exact) mass is 386 g/mol. The van der Waals surface area contributed by atoms with Crippen molar-refractivity contribution in [3.63, 3.8) is 0 Å². The number of carbonyl (C=O) groups is 2. The molecule has 0 saturated carbocycles. The lowest BCUT2D eigenvalue weighted by Gasteiger charge is -2.23. The number of carbonyl (C=O) groups excluding carboxylic acids is 2. The van der Waals surface area contributed by atoms with Crippen molar-refractivity contribution in [2.75, 3.05) is 13.1 Å². The SMILES string of the molecule is CCC1C(C)CN(C(=O)NCCc2ccc(S(=O)(=O)Cl)cc2)C1C=O. The largest absolute Gasteiger partial charge is 0.338 e. The van der Waals surface area contributed by atoms with Crippen molar-refractivity contribution in [1.82, 2.24) is 10.2 Å². The van der Waals surface area contributed by atoms with Crippen LogP contribution < -0.4 is 5.32 Å². The lowest BCUT2D eigenvalue weighted by atomic mass is 9.90. The molecule has 1 saturated heterocycles. The third kappa shape index (κ3) is 4.73. The zero-order chi connectivity index (χ0) is 18.6. The molecule has 1 aliphatic heterocycles. The number of nitrogens with zero attached hydrogens (tertiary/aromatic N) is 1. The topological polar surface area (TPSA) is 83.6 Å². The van der Waals surface area contributed by atoms with E-state index in [1.54, 1.807) is 17.0 Å². The van der Waals surface area contributed by atoms with Gasteiger partial charge in [-0.05, 0) is 36.0 Å². The molecule has 0 aliphatic carbocycles. The standard InChI is InChI=1S/C17H23ClN2O4S/c1-3-15-12(2)10-20(16(15)11-21)17(22)19-9-8-13-4-6-14(7-5-13)25(18,23)24/h4-7,11-12,15-16H,3,8-10H2,1-2H3,(H,19,22). The number of amides is 2. The Morgan fingerprint density at radius 2 is 2.00 bits per heavy atom. The number of likely N-dealkylation sites (tertiary alicyclic amines) is 1. The van der Waals surface area contributed by atoms with E-state index in [0.29, 0.717) is 25.4 Å². The van der Waals surface area contributed by atoms with Crippen molar-refractivity contribution in [3.8, 4) is 0 Å². The predicted molar refractivity (Wildman–Crippen MR) is 96.1 cm³/mol. The first-order valence-electron chi connectivity index (χ1n) is 8.31. The van der Waals surface area contributed by atoms with E-state index in [1.165, 1.54) is 12.1 Å². The van der Waals surface area contributed by atoms with Crippen molar-refractivity contribution >= 4 is 32.1 Å².